The molecule has 0 spiro atoms. The third-order valence-electron chi connectivity index (χ3n) is 3.04. The van der Waals surface area contributed by atoms with E-state index < -0.39 is 5.97 Å². The summed E-state index contributed by atoms with van der Waals surface area (Å²) in [4.78, 5) is 11.1. The summed E-state index contributed by atoms with van der Waals surface area (Å²) in [6, 6.07) is 8.25. The molecule has 6 heteroatoms. The van der Waals surface area contributed by atoms with Gasteiger partial charge < -0.3 is 20.9 Å². The van der Waals surface area contributed by atoms with Crippen molar-refractivity contribution in [1.29, 1.82) is 0 Å². The second-order valence-electron chi connectivity index (χ2n) is 4.53. The molecule has 0 aliphatic heterocycles. The van der Waals surface area contributed by atoms with Crippen LogP contribution in [-0.2, 0) is 0 Å². The molecule has 110 valence electrons. The Bertz CT molecular complexity index is 702. The minimum Gasteiger partial charge on any atom is -0.495 e. The number of carboxylic acid groups (broad SMARTS) is 1. The first kappa shape index (κ1) is 15.0. The third-order valence-corrected chi connectivity index (χ3v) is 3.45. The van der Waals surface area contributed by atoms with Gasteiger partial charge in [0.1, 0.15) is 5.75 Å². The number of hydrogen-bond acceptors (Lipinski definition) is 4. The van der Waals surface area contributed by atoms with Gasteiger partial charge in [-0.05, 0) is 36.8 Å². The van der Waals surface area contributed by atoms with Gasteiger partial charge in [-0.15, -0.1) is 0 Å². The van der Waals surface area contributed by atoms with Crippen LogP contribution in [0.3, 0.4) is 0 Å². The van der Waals surface area contributed by atoms with Gasteiger partial charge in [0.05, 0.1) is 18.4 Å². The van der Waals surface area contributed by atoms with Crippen molar-refractivity contribution in [2.45, 2.75) is 6.92 Å². The smallest absolute Gasteiger partial charge is 0.337 e. The number of aromatic carboxylic acids is 1. The summed E-state index contributed by atoms with van der Waals surface area (Å²) in [6.45, 7) is 1.87. The Morgan fingerprint density at radius 1 is 1.33 bits per heavy atom. The number of carbonyl (C=O) groups is 1. The molecule has 0 aliphatic carbocycles. The van der Waals surface area contributed by atoms with E-state index in [9.17, 15) is 4.79 Å². The summed E-state index contributed by atoms with van der Waals surface area (Å²) in [5, 5.41) is 12.8. The fraction of sp³-hybridized carbons (Fsp3) is 0.133. The van der Waals surface area contributed by atoms with Crippen molar-refractivity contribution in [2.75, 3.05) is 18.2 Å². The van der Waals surface area contributed by atoms with Crippen molar-refractivity contribution < 1.29 is 14.6 Å². The second-order valence-corrected chi connectivity index (χ2v) is 4.94. The van der Waals surface area contributed by atoms with Crippen molar-refractivity contribution in [2.24, 2.45) is 0 Å². The molecule has 0 atom stereocenters. The number of rotatable bonds is 4. The molecule has 5 nitrogen and oxygen atoms in total. The van der Waals surface area contributed by atoms with Gasteiger partial charge in [-0.25, -0.2) is 4.79 Å². The molecular weight excluding hydrogens is 292 g/mol. The minimum atomic E-state index is -1.07. The summed E-state index contributed by atoms with van der Waals surface area (Å²) in [6.07, 6.45) is 0. The Morgan fingerprint density at radius 2 is 2.05 bits per heavy atom. The number of nitrogens with one attached hydrogen (secondary N) is 1. The van der Waals surface area contributed by atoms with Crippen molar-refractivity contribution in [1.82, 2.24) is 0 Å². The third kappa shape index (κ3) is 3.20. The van der Waals surface area contributed by atoms with Crippen molar-refractivity contribution in [3.8, 4) is 5.75 Å². The first-order chi connectivity index (χ1) is 9.92. The predicted molar refractivity (Wildman–Crippen MR) is 83.8 cm³/mol. The maximum Gasteiger partial charge on any atom is 0.337 e. The van der Waals surface area contributed by atoms with Gasteiger partial charge in [-0.2, -0.15) is 0 Å². The molecule has 0 bridgehead atoms. The lowest BCUT2D eigenvalue weighted by atomic mass is 10.1. The molecule has 0 aliphatic rings. The highest BCUT2D eigenvalue weighted by Crippen LogP contribution is 2.33. The van der Waals surface area contributed by atoms with Gasteiger partial charge in [-0.3, -0.25) is 0 Å². The molecule has 0 aromatic heterocycles. The highest BCUT2D eigenvalue weighted by Gasteiger charge is 2.11. The summed E-state index contributed by atoms with van der Waals surface area (Å²) in [5.74, 6) is -0.505. The van der Waals surface area contributed by atoms with E-state index in [-0.39, 0.29) is 11.3 Å². The van der Waals surface area contributed by atoms with E-state index in [4.69, 9.17) is 27.2 Å². The SMILES string of the molecule is COc1cc(Cl)c(C)cc1Nc1ccc(N)c(C(=O)O)c1. The summed E-state index contributed by atoms with van der Waals surface area (Å²) < 4.78 is 5.27. The molecule has 4 N–H and O–H groups in total. The number of carboxylic acids is 1. The van der Waals surface area contributed by atoms with Crippen LogP contribution in [0.5, 0.6) is 5.75 Å². The van der Waals surface area contributed by atoms with Crippen LogP contribution in [-0.4, -0.2) is 18.2 Å². The van der Waals surface area contributed by atoms with E-state index in [0.29, 0.717) is 22.1 Å². The Hall–Kier alpha value is -2.40. The first-order valence-electron chi connectivity index (χ1n) is 6.16. The molecule has 0 fully saturated rings. The van der Waals surface area contributed by atoms with Gasteiger partial charge in [-0.1, -0.05) is 11.6 Å². The number of methoxy groups -OCH3 is 1. The van der Waals surface area contributed by atoms with E-state index in [1.54, 1.807) is 18.2 Å². The molecule has 2 aromatic rings. The van der Waals surface area contributed by atoms with Crippen LogP contribution in [0.1, 0.15) is 15.9 Å². The number of hydrogen-bond donors (Lipinski definition) is 3. The highest BCUT2D eigenvalue weighted by molar-refractivity contribution is 6.31. The standard InChI is InChI=1S/C15H15ClN2O3/c1-8-5-13(14(21-2)7-11(8)16)18-9-3-4-12(17)10(6-9)15(19)20/h3-7,18H,17H2,1-2H3,(H,19,20). The fourth-order valence-electron chi connectivity index (χ4n) is 1.90. The Morgan fingerprint density at radius 3 is 2.67 bits per heavy atom. The first-order valence-corrected chi connectivity index (χ1v) is 6.54. The number of nitrogen functional groups attached to an aromatic ring is 1. The number of aryl methyl sites for hydroxylation is 1. The highest BCUT2D eigenvalue weighted by atomic mass is 35.5. The Labute approximate surface area is 127 Å². The average molecular weight is 307 g/mol. The zero-order valence-electron chi connectivity index (χ0n) is 11.6. The van der Waals surface area contributed by atoms with Crippen molar-refractivity contribution in [3.63, 3.8) is 0 Å². The number of benzene rings is 2. The molecule has 0 saturated carbocycles. The maximum atomic E-state index is 11.1. The van der Waals surface area contributed by atoms with Gasteiger partial charge in [0, 0.05) is 22.5 Å². The lowest BCUT2D eigenvalue weighted by molar-refractivity contribution is 0.0698. The van der Waals surface area contributed by atoms with Crippen LogP contribution < -0.4 is 15.8 Å². The number of nitrogens with two attached hydrogens (primary N) is 1. The molecule has 2 rings (SSSR count). The largest absolute Gasteiger partial charge is 0.495 e. The van der Waals surface area contributed by atoms with Crippen LogP contribution in [0.4, 0.5) is 17.1 Å². The molecule has 0 saturated heterocycles. The fourth-order valence-corrected chi connectivity index (χ4v) is 2.06. The van der Waals surface area contributed by atoms with E-state index in [1.807, 2.05) is 13.0 Å². The van der Waals surface area contributed by atoms with Gasteiger partial charge >= 0.3 is 5.97 Å². The molecule has 0 heterocycles. The van der Waals surface area contributed by atoms with E-state index in [0.717, 1.165) is 5.56 Å². The zero-order valence-corrected chi connectivity index (χ0v) is 12.4. The van der Waals surface area contributed by atoms with E-state index in [2.05, 4.69) is 5.32 Å². The van der Waals surface area contributed by atoms with Gasteiger partial charge in [0.25, 0.3) is 0 Å². The van der Waals surface area contributed by atoms with Crippen LogP contribution in [0.15, 0.2) is 30.3 Å². The normalized spacial score (nSPS) is 10.2. The average Bonchev–Trinajstić information content (AvgIpc) is 2.44. The van der Waals surface area contributed by atoms with Crippen molar-refractivity contribution in [3.05, 3.63) is 46.5 Å². The quantitative estimate of drug-likeness (QED) is 0.750. The molecule has 21 heavy (non-hydrogen) atoms. The molecule has 0 unspecified atom stereocenters. The van der Waals surface area contributed by atoms with E-state index >= 15 is 0 Å². The molecule has 0 amide bonds. The van der Waals surface area contributed by atoms with Gasteiger partial charge in [0.15, 0.2) is 0 Å². The van der Waals surface area contributed by atoms with Crippen LogP contribution >= 0.6 is 11.6 Å². The number of anilines is 3. The van der Waals surface area contributed by atoms with Crippen LogP contribution in [0.2, 0.25) is 5.02 Å². The molecular formula is C15H15ClN2O3. The zero-order chi connectivity index (χ0) is 15.6. The predicted octanol–water partition coefficient (Wildman–Crippen LogP) is 3.68. The summed E-state index contributed by atoms with van der Waals surface area (Å²) in [7, 11) is 1.54. The topological polar surface area (TPSA) is 84.6 Å². The second kappa shape index (κ2) is 5.93. The summed E-state index contributed by atoms with van der Waals surface area (Å²) >= 11 is 6.05. The monoisotopic (exact) mass is 306 g/mol. The van der Waals surface area contributed by atoms with Crippen molar-refractivity contribution >= 4 is 34.6 Å². The number of halogens is 1. The van der Waals surface area contributed by atoms with Crippen LogP contribution in [0.25, 0.3) is 0 Å². The minimum absolute atomic E-state index is 0.0460. The summed E-state index contributed by atoms with van der Waals surface area (Å²) in [5.41, 5.74) is 8.07. The molecule has 0 radical (unpaired) electrons. The number of ether oxygens (including phenoxy) is 1. The Balaban J connectivity index is 2.40. The lowest BCUT2D eigenvalue weighted by Crippen LogP contribution is -2.03. The lowest BCUT2D eigenvalue weighted by Gasteiger charge is -2.14. The van der Waals surface area contributed by atoms with Gasteiger partial charge in [0.2, 0.25) is 0 Å². The Kier molecular flexibility index (Phi) is 4.23. The van der Waals surface area contributed by atoms with E-state index in [1.165, 1.54) is 13.2 Å². The molecule has 2 aromatic carbocycles. The van der Waals surface area contributed by atoms with Crippen LogP contribution in [0, 0.1) is 6.92 Å². The maximum absolute atomic E-state index is 11.1.